The number of rotatable bonds is 1. The summed E-state index contributed by atoms with van der Waals surface area (Å²) < 4.78 is 11.5. The van der Waals surface area contributed by atoms with Gasteiger partial charge in [0, 0.05) is 37.3 Å². The van der Waals surface area contributed by atoms with E-state index >= 15 is 0 Å². The first-order valence-electron chi connectivity index (χ1n) is 10.5. The van der Waals surface area contributed by atoms with Gasteiger partial charge in [0.2, 0.25) is 0 Å². The van der Waals surface area contributed by atoms with Crippen LogP contribution in [0.2, 0.25) is 0 Å². The van der Waals surface area contributed by atoms with Crippen molar-refractivity contribution in [2.75, 3.05) is 26.2 Å². The van der Waals surface area contributed by atoms with Crippen molar-refractivity contribution in [3.05, 3.63) is 23.1 Å². The average Bonchev–Trinajstić information content (AvgIpc) is 2.90. The average molecular weight is 504 g/mol. The number of piperazine rings is 1. The van der Waals surface area contributed by atoms with Crippen LogP contribution in [-0.2, 0) is 9.47 Å². The van der Waals surface area contributed by atoms with Crippen LogP contribution in [0.4, 0.5) is 4.79 Å². The van der Waals surface area contributed by atoms with E-state index in [1.165, 1.54) is 0 Å². The minimum absolute atomic E-state index is 0.0339. The number of allylic oxidation sites excluding steroid dienone is 2. The van der Waals surface area contributed by atoms with Crippen LogP contribution in [0.5, 0.6) is 0 Å². The Morgan fingerprint density at radius 2 is 1.93 bits per heavy atom. The highest BCUT2D eigenvalue weighted by Crippen LogP contribution is 2.35. The second-order valence-electron chi connectivity index (χ2n) is 9.13. The molecule has 0 aromatic heterocycles. The number of nitrogens with zero attached hydrogens (tertiary/aromatic N) is 2. The minimum Gasteiger partial charge on any atom is -0.494 e. The third-order valence-electron chi connectivity index (χ3n) is 5.41. The van der Waals surface area contributed by atoms with Crippen molar-refractivity contribution in [2.24, 2.45) is 0 Å². The van der Waals surface area contributed by atoms with Gasteiger partial charge < -0.3 is 24.6 Å². The number of carbonyl (C=O) groups excluding carboxylic acids is 1. The van der Waals surface area contributed by atoms with Crippen molar-refractivity contribution in [3.8, 4) is 0 Å². The largest absolute Gasteiger partial charge is 0.494 e. The molecule has 0 aromatic carbocycles. The van der Waals surface area contributed by atoms with E-state index in [4.69, 9.17) is 26.5 Å². The van der Waals surface area contributed by atoms with Gasteiger partial charge in [0.1, 0.15) is 17.2 Å². The summed E-state index contributed by atoms with van der Waals surface area (Å²) in [7, 11) is 0. The molecule has 1 fully saturated rings. The fourth-order valence-electron chi connectivity index (χ4n) is 3.91. The van der Waals surface area contributed by atoms with Crippen LogP contribution in [0.15, 0.2) is 23.1 Å². The molecule has 2 N–H and O–H groups in total. The lowest BCUT2D eigenvalue weighted by Crippen LogP contribution is -2.60. The lowest BCUT2D eigenvalue weighted by molar-refractivity contribution is 0.000388. The number of alkyl halides is 2. The fourth-order valence-corrected chi connectivity index (χ4v) is 4.66. The Balaban J connectivity index is 1.79. The lowest BCUT2D eigenvalue weighted by Gasteiger charge is -2.46. The van der Waals surface area contributed by atoms with Crippen LogP contribution < -0.4 is 5.32 Å². The first kappa shape index (κ1) is 23.3. The van der Waals surface area contributed by atoms with Gasteiger partial charge in [-0.3, -0.25) is 5.41 Å². The van der Waals surface area contributed by atoms with E-state index in [0.29, 0.717) is 25.5 Å². The second-order valence-corrected chi connectivity index (χ2v) is 10.6. The van der Waals surface area contributed by atoms with Crippen LogP contribution in [0.25, 0.3) is 0 Å². The Hall–Kier alpha value is -1.41. The molecule has 2 heterocycles. The lowest BCUT2D eigenvalue weighted by atomic mass is 9.97. The summed E-state index contributed by atoms with van der Waals surface area (Å²) in [6.07, 6.45) is 2.50. The van der Waals surface area contributed by atoms with Gasteiger partial charge in [-0.25, -0.2) is 4.79 Å². The number of hydrogen-bond donors (Lipinski definition) is 2. The topological polar surface area (TPSA) is 77.9 Å². The van der Waals surface area contributed by atoms with E-state index in [-0.39, 0.29) is 28.4 Å². The molecule has 0 aromatic rings. The predicted octanol–water partition coefficient (Wildman–Crippen LogP) is 3.83. The van der Waals surface area contributed by atoms with E-state index in [1.54, 1.807) is 4.90 Å². The minimum atomic E-state index is -0.535. The number of hydrogen-bond acceptors (Lipinski definition) is 5. The summed E-state index contributed by atoms with van der Waals surface area (Å²) in [5, 5.41) is 12.1. The Labute approximate surface area is 192 Å². The first-order valence-corrected chi connectivity index (χ1v) is 11.8. The van der Waals surface area contributed by atoms with Crippen LogP contribution in [0.1, 0.15) is 41.0 Å². The molecule has 1 saturated heterocycles. The first-order chi connectivity index (χ1) is 14.0. The molecular formula is C21H32BrClN4O3. The standard InChI is InChI=1S/C21H32BrClN4O3/c1-12-11-27(20(28)30-21(3,4)5)13(2)10-26(12)19(24)14-9-15(23)16(22)18-17(14)25-7-6-8-29-18/h9,12-13,15-16,24-25H,6-8,10-11H2,1-5H3/t12-,13+,15?,16?/m0/s1. The van der Waals surface area contributed by atoms with Gasteiger partial charge in [-0.1, -0.05) is 22.0 Å². The van der Waals surface area contributed by atoms with E-state index in [9.17, 15) is 4.79 Å². The van der Waals surface area contributed by atoms with Crippen molar-refractivity contribution >= 4 is 39.5 Å². The summed E-state index contributed by atoms with van der Waals surface area (Å²) in [6, 6.07) is -0.114. The molecule has 2 unspecified atom stereocenters. The zero-order chi connectivity index (χ0) is 22.2. The van der Waals surface area contributed by atoms with Gasteiger partial charge in [-0.2, -0.15) is 0 Å². The number of carbonyl (C=O) groups is 1. The van der Waals surface area contributed by atoms with Gasteiger partial charge in [0.25, 0.3) is 0 Å². The SMILES string of the molecule is C[C@@H]1CN(C(=N)C2=CC(Cl)C(Br)C3=C2NCCCO3)[C@@H](C)CN1C(=O)OC(C)(C)C. The number of amidine groups is 1. The maximum absolute atomic E-state index is 12.6. The monoisotopic (exact) mass is 502 g/mol. The van der Waals surface area contributed by atoms with E-state index in [0.717, 1.165) is 30.0 Å². The molecule has 9 heteroatoms. The highest BCUT2D eigenvalue weighted by molar-refractivity contribution is 9.09. The van der Waals surface area contributed by atoms with Crippen molar-refractivity contribution in [2.45, 2.75) is 68.9 Å². The van der Waals surface area contributed by atoms with Crippen molar-refractivity contribution < 1.29 is 14.3 Å². The summed E-state index contributed by atoms with van der Waals surface area (Å²) in [4.78, 5) is 16.3. The molecular weight excluding hydrogens is 472 g/mol. The molecule has 2 aliphatic heterocycles. The molecule has 0 spiro atoms. The van der Waals surface area contributed by atoms with E-state index in [2.05, 4.69) is 21.2 Å². The summed E-state index contributed by atoms with van der Waals surface area (Å²) in [6.45, 7) is 12.1. The highest BCUT2D eigenvalue weighted by atomic mass is 79.9. The molecule has 30 heavy (non-hydrogen) atoms. The quantitative estimate of drug-likeness (QED) is 0.323. The number of halogens is 2. The summed E-state index contributed by atoms with van der Waals surface area (Å²) in [5.41, 5.74) is 1.06. The molecule has 3 rings (SSSR count). The zero-order valence-electron chi connectivity index (χ0n) is 18.3. The Morgan fingerprint density at radius 3 is 2.60 bits per heavy atom. The number of ether oxygens (including phenoxy) is 2. The molecule has 1 aliphatic carbocycles. The zero-order valence-corrected chi connectivity index (χ0v) is 20.6. The molecule has 4 atom stereocenters. The van der Waals surface area contributed by atoms with Crippen molar-refractivity contribution in [1.82, 2.24) is 15.1 Å². The van der Waals surface area contributed by atoms with Gasteiger partial charge in [-0.15, -0.1) is 11.6 Å². The van der Waals surface area contributed by atoms with Crippen LogP contribution in [-0.4, -0.2) is 75.9 Å². The predicted molar refractivity (Wildman–Crippen MR) is 122 cm³/mol. The van der Waals surface area contributed by atoms with Crippen LogP contribution in [0.3, 0.4) is 0 Å². The molecule has 3 aliphatic rings. The van der Waals surface area contributed by atoms with Crippen LogP contribution in [0, 0.1) is 5.41 Å². The summed E-state index contributed by atoms with van der Waals surface area (Å²) >= 11 is 10.2. The molecule has 1 amide bonds. The Bertz CT molecular complexity index is 764. The van der Waals surface area contributed by atoms with E-state index in [1.807, 2.05) is 45.6 Å². The molecule has 7 nitrogen and oxygen atoms in total. The third-order valence-corrected chi connectivity index (χ3v) is 7.08. The molecule has 168 valence electrons. The third kappa shape index (κ3) is 4.90. The second kappa shape index (κ2) is 8.99. The van der Waals surface area contributed by atoms with Crippen molar-refractivity contribution in [1.29, 1.82) is 5.41 Å². The van der Waals surface area contributed by atoms with Crippen LogP contribution >= 0.6 is 27.5 Å². The smallest absolute Gasteiger partial charge is 0.410 e. The summed E-state index contributed by atoms with van der Waals surface area (Å²) in [5.74, 6) is 1.16. The van der Waals surface area contributed by atoms with Gasteiger partial charge in [0.15, 0.2) is 0 Å². The molecule has 0 saturated carbocycles. The molecule has 0 bridgehead atoms. The maximum Gasteiger partial charge on any atom is 0.410 e. The fraction of sp³-hybridized carbons (Fsp3) is 0.714. The van der Waals surface area contributed by atoms with Crippen molar-refractivity contribution in [3.63, 3.8) is 0 Å². The Kier molecular flexibility index (Phi) is 6.97. The number of nitrogens with one attached hydrogen (secondary N) is 2. The van der Waals surface area contributed by atoms with Gasteiger partial charge in [0.05, 0.1) is 22.5 Å². The van der Waals surface area contributed by atoms with Gasteiger partial charge in [-0.05, 0) is 41.0 Å². The van der Waals surface area contributed by atoms with E-state index < -0.39 is 5.60 Å². The normalized spacial score (nSPS) is 29.9. The Morgan fingerprint density at radius 1 is 1.30 bits per heavy atom. The molecule has 0 radical (unpaired) electrons. The number of amides is 1. The maximum atomic E-state index is 12.6. The van der Waals surface area contributed by atoms with Gasteiger partial charge >= 0.3 is 6.09 Å². The highest BCUT2D eigenvalue weighted by Gasteiger charge is 2.39.